The molecule has 3 N–H and O–H groups in total. The van der Waals surface area contributed by atoms with E-state index in [0.29, 0.717) is 12.5 Å². The third kappa shape index (κ3) is 2.87. The smallest absolute Gasteiger partial charge is 0.317 e. The molecule has 0 saturated carbocycles. The lowest BCUT2D eigenvalue weighted by Gasteiger charge is -2.24. The van der Waals surface area contributed by atoms with Crippen LogP contribution in [0.5, 0.6) is 0 Å². The van der Waals surface area contributed by atoms with E-state index < -0.39 is 0 Å². The van der Waals surface area contributed by atoms with E-state index in [-0.39, 0.29) is 12.1 Å². The Hall–Kier alpha value is -0.770. The molecule has 14 heavy (non-hydrogen) atoms. The molecule has 1 atom stereocenters. The van der Waals surface area contributed by atoms with E-state index in [1.165, 1.54) is 0 Å². The van der Waals surface area contributed by atoms with Crippen LogP contribution >= 0.6 is 0 Å². The van der Waals surface area contributed by atoms with Crippen LogP contribution in [0, 0.1) is 5.92 Å². The highest BCUT2D eigenvalue weighted by atomic mass is 16.2. The Balaban J connectivity index is 2.37. The zero-order valence-electron chi connectivity index (χ0n) is 9.12. The maximum absolute atomic E-state index is 11.7. The average molecular weight is 199 g/mol. The SMILES string of the molecule is CC(C)C(CN)NC(=O)N1CCCC1. The Morgan fingerprint density at radius 2 is 2.00 bits per heavy atom. The molecule has 1 rings (SSSR count). The molecule has 0 bridgehead atoms. The maximum Gasteiger partial charge on any atom is 0.317 e. The van der Waals surface area contributed by atoms with Gasteiger partial charge in [-0.15, -0.1) is 0 Å². The van der Waals surface area contributed by atoms with Crippen molar-refractivity contribution in [2.24, 2.45) is 11.7 Å². The number of likely N-dealkylation sites (tertiary alicyclic amines) is 1. The van der Waals surface area contributed by atoms with Crippen molar-refractivity contribution in [3.8, 4) is 0 Å². The molecule has 1 heterocycles. The monoisotopic (exact) mass is 199 g/mol. The number of nitrogens with one attached hydrogen (secondary N) is 1. The van der Waals surface area contributed by atoms with Crippen molar-refractivity contribution < 1.29 is 4.79 Å². The Morgan fingerprint density at radius 3 is 2.43 bits per heavy atom. The first kappa shape index (κ1) is 11.3. The summed E-state index contributed by atoms with van der Waals surface area (Å²) in [6, 6.07) is 0.148. The molecule has 0 aromatic rings. The summed E-state index contributed by atoms with van der Waals surface area (Å²) in [4.78, 5) is 13.5. The highest BCUT2D eigenvalue weighted by Gasteiger charge is 2.21. The van der Waals surface area contributed by atoms with Crippen LogP contribution in [0.2, 0.25) is 0 Å². The van der Waals surface area contributed by atoms with Crippen molar-refractivity contribution in [3.63, 3.8) is 0 Å². The number of urea groups is 1. The van der Waals surface area contributed by atoms with Gasteiger partial charge in [0.05, 0.1) is 0 Å². The van der Waals surface area contributed by atoms with E-state index in [2.05, 4.69) is 19.2 Å². The Kier molecular flexibility index (Phi) is 4.20. The molecule has 1 saturated heterocycles. The van der Waals surface area contributed by atoms with Crippen molar-refractivity contribution in [2.75, 3.05) is 19.6 Å². The second kappa shape index (κ2) is 5.20. The molecule has 82 valence electrons. The fourth-order valence-corrected chi connectivity index (χ4v) is 1.67. The van der Waals surface area contributed by atoms with Gasteiger partial charge in [0.25, 0.3) is 0 Å². The molecule has 0 aliphatic carbocycles. The summed E-state index contributed by atoms with van der Waals surface area (Å²) < 4.78 is 0. The van der Waals surface area contributed by atoms with E-state index in [0.717, 1.165) is 25.9 Å². The number of nitrogens with two attached hydrogens (primary N) is 1. The fourth-order valence-electron chi connectivity index (χ4n) is 1.67. The van der Waals surface area contributed by atoms with E-state index in [9.17, 15) is 4.79 Å². The normalized spacial score (nSPS) is 18.7. The molecule has 0 aromatic carbocycles. The molecule has 1 aliphatic rings. The number of carbonyl (C=O) groups is 1. The minimum atomic E-state index is 0.0478. The van der Waals surface area contributed by atoms with Gasteiger partial charge in [-0.25, -0.2) is 4.79 Å². The van der Waals surface area contributed by atoms with Gasteiger partial charge in [-0.05, 0) is 18.8 Å². The van der Waals surface area contributed by atoms with Crippen molar-refractivity contribution in [1.82, 2.24) is 10.2 Å². The molecule has 2 amide bonds. The molecule has 4 nitrogen and oxygen atoms in total. The number of amides is 2. The van der Waals surface area contributed by atoms with Gasteiger partial charge in [0.15, 0.2) is 0 Å². The summed E-state index contributed by atoms with van der Waals surface area (Å²) in [5, 5.41) is 2.97. The lowest BCUT2D eigenvalue weighted by molar-refractivity contribution is 0.201. The first-order valence-electron chi connectivity index (χ1n) is 5.40. The lowest BCUT2D eigenvalue weighted by atomic mass is 10.1. The van der Waals surface area contributed by atoms with Crippen molar-refractivity contribution in [3.05, 3.63) is 0 Å². The van der Waals surface area contributed by atoms with Gasteiger partial charge in [-0.2, -0.15) is 0 Å². The Morgan fingerprint density at radius 1 is 1.43 bits per heavy atom. The molecule has 0 radical (unpaired) electrons. The number of carbonyl (C=O) groups excluding carboxylic acids is 1. The quantitative estimate of drug-likeness (QED) is 0.705. The van der Waals surface area contributed by atoms with Gasteiger partial charge in [-0.3, -0.25) is 0 Å². The first-order valence-corrected chi connectivity index (χ1v) is 5.40. The molecule has 0 aromatic heterocycles. The van der Waals surface area contributed by atoms with Gasteiger partial charge in [-0.1, -0.05) is 13.8 Å². The molecule has 1 unspecified atom stereocenters. The van der Waals surface area contributed by atoms with Crippen LogP contribution < -0.4 is 11.1 Å². The second-order valence-electron chi connectivity index (χ2n) is 4.23. The zero-order valence-corrected chi connectivity index (χ0v) is 9.12. The van der Waals surface area contributed by atoms with Crippen LogP contribution in [0.15, 0.2) is 0 Å². The van der Waals surface area contributed by atoms with Crippen LogP contribution in [-0.2, 0) is 0 Å². The summed E-state index contributed by atoms with van der Waals surface area (Å²) >= 11 is 0. The van der Waals surface area contributed by atoms with Crippen LogP contribution in [0.4, 0.5) is 4.79 Å². The highest BCUT2D eigenvalue weighted by Crippen LogP contribution is 2.08. The van der Waals surface area contributed by atoms with Gasteiger partial charge in [0.2, 0.25) is 0 Å². The first-order chi connectivity index (χ1) is 6.65. The number of rotatable bonds is 3. The summed E-state index contributed by atoms with van der Waals surface area (Å²) in [7, 11) is 0. The van der Waals surface area contributed by atoms with E-state index in [1.54, 1.807) is 0 Å². The summed E-state index contributed by atoms with van der Waals surface area (Å²) in [5.74, 6) is 0.395. The molecular formula is C10H21N3O. The Bertz CT molecular complexity index is 188. The fraction of sp³-hybridized carbons (Fsp3) is 0.900. The molecule has 1 aliphatic heterocycles. The van der Waals surface area contributed by atoms with Gasteiger partial charge in [0.1, 0.15) is 0 Å². The van der Waals surface area contributed by atoms with Crippen molar-refractivity contribution in [1.29, 1.82) is 0 Å². The van der Waals surface area contributed by atoms with Crippen LogP contribution in [-0.4, -0.2) is 36.6 Å². The van der Waals surface area contributed by atoms with Gasteiger partial charge in [0, 0.05) is 25.7 Å². The topological polar surface area (TPSA) is 58.4 Å². The predicted molar refractivity (Wildman–Crippen MR) is 57.0 cm³/mol. The van der Waals surface area contributed by atoms with E-state index >= 15 is 0 Å². The lowest BCUT2D eigenvalue weighted by Crippen LogP contribution is -2.48. The third-order valence-electron chi connectivity index (χ3n) is 2.76. The summed E-state index contributed by atoms with van der Waals surface area (Å²) in [6.45, 7) is 6.43. The minimum absolute atomic E-state index is 0.0478. The van der Waals surface area contributed by atoms with Crippen molar-refractivity contribution >= 4 is 6.03 Å². The highest BCUT2D eigenvalue weighted by molar-refractivity contribution is 5.74. The third-order valence-corrected chi connectivity index (χ3v) is 2.76. The van der Waals surface area contributed by atoms with Crippen molar-refractivity contribution in [2.45, 2.75) is 32.7 Å². The van der Waals surface area contributed by atoms with Gasteiger partial charge >= 0.3 is 6.03 Å². The van der Waals surface area contributed by atoms with E-state index in [4.69, 9.17) is 5.73 Å². The summed E-state index contributed by atoms with van der Waals surface area (Å²) in [5.41, 5.74) is 5.59. The number of nitrogens with zero attached hydrogens (tertiary/aromatic N) is 1. The van der Waals surface area contributed by atoms with Crippen LogP contribution in [0.25, 0.3) is 0 Å². The largest absolute Gasteiger partial charge is 0.334 e. The van der Waals surface area contributed by atoms with Crippen LogP contribution in [0.1, 0.15) is 26.7 Å². The van der Waals surface area contributed by atoms with E-state index in [1.807, 2.05) is 4.90 Å². The second-order valence-corrected chi connectivity index (χ2v) is 4.23. The van der Waals surface area contributed by atoms with Gasteiger partial charge < -0.3 is 16.0 Å². The predicted octanol–water partition coefficient (Wildman–Crippen LogP) is 0.775. The maximum atomic E-state index is 11.7. The van der Waals surface area contributed by atoms with Crippen LogP contribution in [0.3, 0.4) is 0 Å². The summed E-state index contributed by atoms with van der Waals surface area (Å²) in [6.07, 6.45) is 2.25. The minimum Gasteiger partial charge on any atom is -0.334 e. The average Bonchev–Trinajstić information content (AvgIpc) is 2.65. The molecule has 0 spiro atoms. The zero-order chi connectivity index (χ0) is 10.6. The standard InChI is InChI=1S/C10H21N3O/c1-8(2)9(7-11)12-10(14)13-5-3-4-6-13/h8-9H,3-7,11H2,1-2H3,(H,12,14). The number of hydrogen-bond acceptors (Lipinski definition) is 2. The molecular weight excluding hydrogens is 178 g/mol. The molecule has 4 heteroatoms. The molecule has 1 fully saturated rings. The Labute approximate surface area is 85.8 Å². The number of hydrogen-bond donors (Lipinski definition) is 2.